The third-order valence-corrected chi connectivity index (χ3v) is 7.57. The summed E-state index contributed by atoms with van der Waals surface area (Å²) in [5, 5.41) is 23.2. The fourth-order valence-electron chi connectivity index (χ4n) is 3.37. The number of amides is 2. The van der Waals surface area contributed by atoms with Crippen molar-refractivity contribution in [2.45, 2.75) is 42.0 Å². The Bertz CT molecular complexity index is 820. The largest absolute Gasteiger partial charge is 0.480 e. The first-order valence-electron chi connectivity index (χ1n) is 7.60. The van der Waals surface area contributed by atoms with E-state index in [0.29, 0.717) is 0 Å². The smallest absolute Gasteiger partial charge is 0.328 e. The van der Waals surface area contributed by atoms with Gasteiger partial charge in [-0.2, -0.15) is 11.3 Å². The van der Waals surface area contributed by atoms with Gasteiger partial charge in [-0.1, -0.05) is 0 Å². The van der Waals surface area contributed by atoms with E-state index in [1.807, 2.05) is 0 Å². The molecular weight excluding hydrogens is 384 g/mol. The van der Waals surface area contributed by atoms with Crippen LogP contribution in [0.1, 0.15) is 25.3 Å². The number of carbonyl (C=O) groups is 4. The van der Waals surface area contributed by atoms with Gasteiger partial charge in [-0.3, -0.25) is 18.6 Å². The molecule has 0 aliphatic carbocycles. The standard InChI is InChI=1S/C15H16N2O7S2/c1-15(2)9(14(22)23)17-11(19)8(12(17)26(15)24)16-10(18)7(13(20)21)6-3-4-25-5-6/h3-5,7-9,12H,1-2H3,(H,16,18)(H,20,21)(H,22,23). The lowest BCUT2D eigenvalue weighted by molar-refractivity contribution is -0.161. The molecule has 2 aliphatic heterocycles. The summed E-state index contributed by atoms with van der Waals surface area (Å²) in [6, 6.07) is -0.969. The topological polar surface area (TPSA) is 141 Å². The Morgan fingerprint density at radius 3 is 2.50 bits per heavy atom. The molecule has 26 heavy (non-hydrogen) atoms. The van der Waals surface area contributed by atoms with Crippen molar-refractivity contribution in [1.82, 2.24) is 10.2 Å². The average Bonchev–Trinajstić information content (AvgIpc) is 3.10. The number of carbonyl (C=O) groups excluding carboxylic acids is 2. The molecule has 140 valence electrons. The van der Waals surface area contributed by atoms with Gasteiger partial charge in [-0.25, -0.2) is 4.79 Å². The lowest BCUT2D eigenvalue weighted by Crippen LogP contribution is -2.72. The van der Waals surface area contributed by atoms with Gasteiger partial charge in [0, 0.05) is 0 Å². The van der Waals surface area contributed by atoms with E-state index < -0.39 is 62.7 Å². The third kappa shape index (κ3) is 2.53. The normalized spacial score (nSPS) is 30.2. The van der Waals surface area contributed by atoms with E-state index in [2.05, 4.69) is 5.32 Å². The molecule has 1 aromatic heterocycles. The van der Waals surface area contributed by atoms with Crippen LogP contribution in [0, 0.1) is 0 Å². The third-order valence-electron chi connectivity index (χ3n) is 4.67. The molecule has 0 aromatic carbocycles. The summed E-state index contributed by atoms with van der Waals surface area (Å²) in [5.74, 6) is -5.72. The van der Waals surface area contributed by atoms with Gasteiger partial charge in [0.05, 0.1) is 15.5 Å². The quantitative estimate of drug-likeness (QED) is 0.449. The number of hydrogen-bond donors (Lipinski definition) is 3. The number of hydrogen-bond acceptors (Lipinski definition) is 6. The molecule has 3 rings (SSSR count). The number of thiophene rings is 1. The molecule has 0 bridgehead atoms. The van der Waals surface area contributed by atoms with Crippen molar-refractivity contribution in [1.29, 1.82) is 0 Å². The van der Waals surface area contributed by atoms with Gasteiger partial charge >= 0.3 is 11.9 Å². The van der Waals surface area contributed by atoms with Crippen LogP contribution >= 0.6 is 11.3 Å². The Morgan fingerprint density at radius 2 is 2.00 bits per heavy atom. The van der Waals surface area contributed by atoms with Gasteiger partial charge in [0.25, 0.3) is 0 Å². The molecule has 3 heterocycles. The Balaban J connectivity index is 1.83. The summed E-state index contributed by atoms with van der Waals surface area (Å²) in [5.41, 5.74) is 0.278. The zero-order chi connectivity index (χ0) is 19.4. The van der Waals surface area contributed by atoms with E-state index in [1.54, 1.807) is 5.38 Å². The minimum Gasteiger partial charge on any atom is -0.480 e. The molecule has 0 spiro atoms. The van der Waals surface area contributed by atoms with Crippen molar-refractivity contribution in [2.24, 2.45) is 0 Å². The first-order chi connectivity index (χ1) is 12.1. The van der Waals surface area contributed by atoms with Crippen LogP contribution in [0.4, 0.5) is 0 Å². The molecule has 2 aliphatic rings. The Morgan fingerprint density at radius 1 is 1.35 bits per heavy atom. The van der Waals surface area contributed by atoms with Crippen molar-refractivity contribution in [2.75, 3.05) is 0 Å². The number of carboxylic acid groups (broad SMARTS) is 2. The molecule has 2 saturated heterocycles. The molecule has 3 N–H and O–H groups in total. The van der Waals surface area contributed by atoms with E-state index in [-0.39, 0.29) is 5.56 Å². The van der Waals surface area contributed by atoms with Crippen LogP contribution in [0.15, 0.2) is 16.8 Å². The van der Waals surface area contributed by atoms with Gasteiger partial charge in [0.2, 0.25) is 11.8 Å². The van der Waals surface area contributed by atoms with Crippen LogP contribution in [0.5, 0.6) is 0 Å². The Kier molecular flexibility index (Phi) is 4.39. The minimum absolute atomic E-state index is 0.278. The number of rotatable bonds is 5. The number of nitrogens with zero attached hydrogens (tertiary/aromatic N) is 1. The molecule has 0 radical (unpaired) electrons. The van der Waals surface area contributed by atoms with Crippen LogP contribution in [-0.2, 0) is 30.0 Å². The first-order valence-corrected chi connectivity index (χ1v) is 9.75. The summed E-state index contributed by atoms with van der Waals surface area (Å²) in [6.45, 7) is 2.97. The second kappa shape index (κ2) is 6.16. The maximum absolute atomic E-state index is 12.7. The molecular formula is C15H16N2O7S2. The van der Waals surface area contributed by atoms with Gasteiger partial charge in [0.1, 0.15) is 17.5 Å². The zero-order valence-electron chi connectivity index (χ0n) is 13.7. The van der Waals surface area contributed by atoms with E-state index in [1.165, 1.54) is 36.6 Å². The lowest BCUT2D eigenvalue weighted by atomic mass is 9.95. The van der Waals surface area contributed by atoms with E-state index in [9.17, 15) is 33.6 Å². The summed E-state index contributed by atoms with van der Waals surface area (Å²) < 4.78 is 11.5. The second-order valence-electron chi connectivity index (χ2n) is 6.59. The number of carboxylic acids is 2. The summed E-state index contributed by atoms with van der Waals surface area (Å²) in [4.78, 5) is 48.8. The van der Waals surface area contributed by atoms with Gasteiger partial charge in [0.15, 0.2) is 5.92 Å². The van der Waals surface area contributed by atoms with Crippen LogP contribution in [0.3, 0.4) is 0 Å². The lowest BCUT2D eigenvalue weighted by Gasteiger charge is -2.43. The minimum atomic E-state index is -1.74. The fraction of sp³-hybridized carbons (Fsp3) is 0.467. The number of fused-ring (bicyclic) bond motifs is 1. The Labute approximate surface area is 154 Å². The summed E-state index contributed by atoms with van der Waals surface area (Å²) >= 11 is 1.23. The maximum atomic E-state index is 12.7. The first kappa shape index (κ1) is 18.5. The van der Waals surface area contributed by atoms with Crippen molar-refractivity contribution >= 4 is 45.9 Å². The highest BCUT2D eigenvalue weighted by Crippen LogP contribution is 2.43. The fourth-order valence-corrected chi connectivity index (χ4v) is 5.98. The summed E-state index contributed by atoms with van der Waals surface area (Å²) in [7, 11) is -1.74. The predicted molar refractivity (Wildman–Crippen MR) is 90.9 cm³/mol. The van der Waals surface area contributed by atoms with Crippen molar-refractivity contribution in [3.05, 3.63) is 22.4 Å². The molecule has 2 fully saturated rings. The SMILES string of the molecule is CC1(C)C(C(=O)O)N2C(=O)C(NC(=O)C(C(=O)O)c3ccsc3)C2S1=O. The molecule has 9 nitrogen and oxygen atoms in total. The maximum Gasteiger partial charge on any atom is 0.328 e. The van der Waals surface area contributed by atoms with Crippen LogP contribution in [0.25, 0.3) is 0 Å². The van der Waals surface area contributed by atoms with E-state index in [0.717, 1.165) is 4.90 Å². The number of β-lactam (4-membered cyclic amide) rings is 1. The monoisotopic (exact) mass is 400 g/mol. The highest BCUT2D eigenvalue weighted by Gasteiger charge is 2.68. The second-order valence-corrected chi connectivity index (χ2v) is 9.50. The van der Waals surface area contributed by atoms with E-state index >= 15 is 0 Å². The van der Waals surface area contributed by atoms with Crippen LogP contribution in [0.2, 0.25) is 0 Å². The highest BCUT2D eigenvalue weighted by molar-refractivity contribution is 7.87. The molecule has 0 saturated carbocycles. The number of nitrogens with one attached hydrogen (secondary N) is 1. The molecule has 11 heteroatoms. The molecule has 2 amide bonds. The molecule has 5 atom stereocenters. The Hall–Kier alpha value is -2.27. The van der Waals surface area contributed by atoms with Gasteiger partial charge in [-0.15, -0.1) is 0 Å². The highest BCUT2D eigenvalue weighted by atomic mass is 32.2. The van der Waals surface area contributed by atoms with Crippen LogP contribution < -0.4 is 5.32 Å². The van der Waals surface area contributed by atoms with Crippen molar-refractivity contribution in [3.8, 4) is 0 Å². The van der Waals surface area contributed by atoms with Gasteiger partial charge < -0.3 is 20.4 Å². The average molecular weight is 400 g/mol. The van der Waals surface area contributed by atoms with Crippen molar-refractivity contribution < 1.29 is 33.6 Å². The zero-order valence-corrected chi connectivity index (χ0v) is 15.4. The van der Waals surface area contributed by atoms with E-state index in [4.69, 9.17) is 0 Å². The van der Waals surface area contributed by atoms with Crippen molar-refractivity contribution in [3.63, 3.8) is 0 Å². The van der Waals surface area contributed by atoms with Crippen LogP contribution in [-0.4, -0.2) is 65.3 Å². The molecule has 5 unspecified atom stereocenters. The summed E-state index contributed by atoms with van der Waals surface area (Å²) in [6.07, 6.45) is 0. The van der Waals surface area contributed by atoms with Gasteiger partial charge in [-0.05, 0) is 36.2 Å². The number of aliphatic carboxylic acids is 2. The molecule has 1 aromatic rings. The predicted octanol–water partition coefficient (Wildman–Crippen LogP) is -0.436.